The average Bonchev–Trinajstić information content (AvgIpc) is 3.55. The average molecular weight is 574 g/mol. The van der Waals surface area contributed by atoms with Gasteiger partial charge in [0.25, 0.3) is 10.1 Å². The molecule has 0 saturated carbocycles. The molecule has 0 radical (unpaired) electrons. The van der Waals surface area contributed by atoms with E-state index in [1.807, 2.05) is 42.5 Å². The lowest BCUT2D eigenvalue weighted by molar-refractivity contribution is 0.174. The molecule has 2 aromatic carbocycles. The molecule has 2 aliphatic rings. The molecular formula is C25H27N5O7S2. The number of fused-ring (bicyclic) bond motifs is 4. The molecule has 12 nitrogen and oxygen atoms in total. The summed E-state index contributed by atoms with van der Waals surface area (Å²) in [5.74, 6) is 1.83. The predicted octanol–water partition coefficient (Wildman–Crippen LogP) is 2.17. The van der Waals surface area contributed by atoms with Crippen LogP contribution >= 0.6 is 12.2 Å². The van der Waals surface area contributed by atoms with E-state index in [0.29, 0.717) is 6.54 Å². The van der Waals surface area contributed by atoms with Crippen molar-refractivity contribution >= 4 is 55.3 Å². The number of hydrogen-bond donors (Lipinski definition) is 3. The van der Waals surface area contributed by atoms with Crippen molar-refractivity contribution in [1.29, 1.82) is 0 Å². The van der Waals surface area contributed by atoms with Crippen LogP contribution in [0.2, 0.25) is 0 Å². The molecule has 0 spiro atoms. The summed E-state index contributed by atoms with van der Waals surface area (Å²) < 4.78 is 44.0. The number of piperazine rings is 1. The van der Waals surface area contributed by atoms with E-state index in [4.69, 9.17) is 35.8 Å². The molecule has 1 fully saturated rings. The third-order valence-electron chi connectivity index (χ3n) is 6.24. The Hall–Kier alpha value is -3.72. The van der Waals surface area contributed by atoms with Gasteiger partial charge in [-0.15, -0.1) is 0 Å². The van der Waals surface area contributed by atoms with Gasteiger partial charge in [0.05, 0.1) is 12.4 Å². The molecule has 4 heterocycles. The van der Waals surface area contributed by atoms with Gasteiger partial charge in [-0.25, -0.2) is 9.97 Å². The van der Waals surface area contributed by atoms with Crippen LogP contribution in [-0.2, 0) is 16.7 Å². The number of benzene rings is 2. The van der Waals surface area contributed by atoms with Crippen molar-refractivity contribution in [2.45, 2.75) is 6.54 Å². The first-order chi connectivity index (χ1) is 18.8. The lowest BCUT2D eigenvalue weighted by Crippen LogP contribution is -2.51. The van der Waals surface area contributed by atoms with Crippen molar-refractivity contribution in [3.63, 3.8) is 0 Å². The number of rotatable bonds is 5. The van der Waals surface area contributed by atoms with Crippen LogP contribution in [-0.4, -0.2) is 83.4 Å². The summed E-state index contributed by atoms with van der Waals surface area (Å²) in [4.78, 5) is 13.4. The molecule has 0 amide bonds. The maximum absolute atomic E-state index is 9.63. The van der Waals surface area contributed by atoms with Crippen molar-refractivity contribution in [2.24, 2.45) is 0 Å². The van der Waals surface area contributed by atoms with E-state index < -0.39 is 22.5 Å². The standard InChI is InChI=1S/C23H21N5O3S.C2H6O4S/c32-23(24-12-15-5-6-18-19(11-15)30-14-29-18)28-9-7-27(8-10-28)22-21-20(25-13-26-22)16-3-1-2-4-17(16)31-21;3-1-2-7(4,5)6/h1-6,11,13H,7-10,12,14H2,(H,24,32);3H,1-2H2,(H,4,5,6). The molecule has 3 N–H and O–H groups in total. The number of aliphatic hydroxyl groups is 1. The summed E-state index contributed by atoms with van der Waals surface area (Å²) in [7, 11) is -3.92. The predicted molar refractivity (Wildman–Crippen MR) is 149 cm³/mol. The number of anilines is 1. The number of aliphatic hydroxyl groups excluding tert-OH is 1. The highest BCUT2D eigenvalue weighted by Crippen LogP contribution is 2.33. The van der Waals surface area contributed by atoms with E-state index in [1.54, 1.807) is 6.33 Å². The minimum atomic E-state index is -3.92. The Morgan fingerprint density at radius 2 is 1.82 bits per heavy atom. The number of nitrogens with zero attached hydrogens (tertiary/aromatic N) is 4. The first-order valence-corrected chi connectivity index (χ1v) is 14.2. The lowest BCUT2D eigenvalue weighted by Gasteiger charge is -2.36. The molecule has 39 heavy (non-hydrogen) atoms. The van der Waals surface area contributed by atoms with Crippen molar-refractivity contribution in [3.8, 4) is 11.5 Å². The summed E-state index contributed by atoms with van der Waals surface area (Å²) >= 11 is 5.64. The van der Waals surface area contributed by atoms with Gasteiger partial charge in [0.1, 0.15) is 17.4 Å². The van der Waals surface area contributed by atoms with Gasteiger partial charge in [0, 0.05) is 38.1 Å². The molecule has 0 bridgehead atoms. The minimum absolute atomic E-state index is 0.279. The Kier molecular flexibility index (Phi) is 7.97. The molecule has 1 saturated heterocycles. The maximum Gasteiger partial charge on any atom is 0.267 e. The smallest absolute Gasteiger partial charge is 0.267 e. The van der Waals surface area contributed by atoms with E-state index in [0.717, 1.165) is 76.2 Å². The maximum atomic E-state index is 9.63. The van der Waals surface area contributed by atoms with Crippen LogP contribution in [0.15, 0.2) is 53.2 Å². The fourth-order valence-electron chi connectivity index (χ4n) is 4.31. The van der Waals surface area contributed by atoms with Gasteiger partial charge in [0.15, 0.2) is 28.0 Å². The van der Waals surface area contributed by atoms with E-state index in [2.05, 4.69) is 25.1 Å². The van der Waals surface area contributed by atoms with Gasteiger partial charge in [-0.2, -0.15) is 8.42 Å². The highest BCUT2D eigenvalue weighted by Gasteiger charge is 2.24. The van der Waals surface area contributed by atoms with Gasteiger partial charge in [0.2, 0.25) is 6.79 Å². The summed E-state index contributed by atoms with van der Waals surface area (Å²) in [6.45, 7) is 3.60. The summed E-state index contributed by atoms with van der Waals surface area (Å²) in [6, 6.07) is 13.9. The minimum Gasteiger partial charge on any atom is -0.454 e. The van der Waals surface area contributed by atoms with Crippen molar-refractivity contribution in [1.82, 2.24) is 20.2 Å². The summed E-state index contributed by atoms with van der Waals surface area (Å²) in [5.41, 5.74) is 3.53. The number of ether oxygens (including phenoxy) is 2. The number of nitrogens with one attached hydrogen (secondary N) is 1. The van der Waals surface area contributed by atoms with Gasteiger partial charge in [-0.05, 0) is 42.0 Å². The highest BCUT2D eigenvalue weighted by molar-refractivity contribution is 7.85. The molecule has 0 unspecified atom stereocenters. The second-order valence-corrected chi connectivity index (χ2v) is 10.8. The molecular weight excluding hydrogens is 546 g/mol. The van der Waals surface area contributed by atoms with E-state index >= 15 is 0 Å². The summed E-state index contributed by atoms with van der Waals surface area (Å²) in [6.07, 6.45) is 1.61. The second-order valence-electron chi connectivity index (χ2n) is 8.80. The van der Waals surface area contributed by atoms with E-state index in [-0.39, 0.29) is 6.79 Å². The topological polar surface area (TPSA) is 150 Å². The Balaban J connectivity index is 0.000000392. The van der Waals surface area contributed by atoms with Crippen LogP contribution in [0.1, 0.15) is 5.56 Å². The zero-order valence-corrected chi connectivity index (χ0v) is 22.4. The van der Waals surface area contributed by atoms with Crippen LogP contribution in [0.5, 0.6) is 11.5 Å². The fourth-order valence-corrected chi connectivity index (χ4v) is 4.80. The fraction of sp³-hybridized carbons (Fsp3) is 0.320. The molecule has 0 atom stereocenters. The molecule has 206 valence electrons. The van der Waals surface area contributed by atoms with Crippen LogP contribution in [0.25, 0.3) is 22.1 Å². The first kappa shape index (κ1) is 26.9. The van der Waals surface area contributed by atoms with Gasteiger partial charge in [-0.3, -0.25) is 4.55 Å². The highest BCUT2D eigenvalue weighted by atomic mass is 32.2. The van der Waals surface area contributed by atoms with Crippen molar-refractivity contribution in [3.05, 3.63) is 54.4 Å². The molecule has 6 rings (SSSR count). The third-order valence-corrected chi connectivity index (χ3v) is 7.34. The van der Waals surface area contributed by atoms with Crippen molar-refractivity contribution in [2.75, 3.05) is 50.2 Å². The number of thiocarbonyl (C=S) groups is 1. The molecule has 4 aromatic rings. The van der Waals surface area contributed by atoms with Crippen LogP contribution < -0.4 is 19.7 Å². The monoisotopic (exact) mass is 573 g/mol. The number of para-hydroxylation sites is 1. The van der Waals surface area contributed by atoms with Crippen LogP contribution in [0.3, 0.4) is 0 Å². The zero-order valence-electron chi connectivity index (χ0n) is 20.8. The van der Waals surface area contributed by atoms with Crippen LogP contribution in [0, 0.1) is 0 Å². The van der Waals surface area contributed by atoms with Gasteiger partial charge in [-0.1, -0.05) is 18.2 Å². The van der Waals surface area contributed by atoms with E-state index in [9.17, 15) is 8.42 Å². The second kappa shape index (κ2) is 11.6. The summed E-state index contributed by atoms with van der Waals surface area (Å²) in [5, 5.41) is 13.0. The number of furan rings is 1. The Morgan fingerprint density at radius 1 is 1.05 bits per heavy atom. The largest absolute Gasteiger partial charge is 0.454 e. The lowest BCUT2D eigenvalue weighted by atomic mass is 10.2. The van der Waals surface area contributed by atoms with Gasteiger partial charge >= 0.3 is 0 Å². The third kappa shape index (κ3) is 6.30. The van der Waals surface area contributed by atoms with E-state index in [1.165, 1.54) is 0 Å². The number of hydrogen-bond acceptors (Lipinski definition) is 10. The Labute approximate surface area is 229 Å². The normalized spacial score (nSPS) is 14.8. The molecule has 0 aliphatic carbocycles. The molecule has 2 aromatic heterocycles. The molecule has 2 aliphatic heterocycles. The van der Waals surface area contributed by atoms with Gasteiger partial charge < -0.3 is 34.1 Å². The Morgan fingerprint density at radius 3 is 2.56 bits per heavy atom. The molecule has 14 heteroatoms. The number of aromatic nitrogens is 2. The SMILES string of the molecule is O=S(=O)(O)CCO.S=C(NCc1ccc2c(c1)OCO2)N1CCN(c2ncnc3c2oc2ccccc23)CC1. The van der Waals surface area contributed by atoms with Crippen LogP contribution in [0.4, 0.5) is 5.82 Å². The first-order valence-electron chi connectivity index (χ1n) is 12.2. The Bertz CT molecular complexity index is 1590. The zero-order chi connectivity index (χ0) is 27.4. The van der Waals surface area contributed by atoms with Crippen molar-refractivity contribution < 1.29 is 32.0 Å². The quantitative estimate of drug-likeness (QED) is 0.237.